The van der Waals surface area contributed by atoms with Crippen molar-refractivity contribution in [3.05, 3.63) is 159 Å². The first-order chi connectivity index (χ1) is 28.7. The zero-order valence-electron chi connectivity index (χ0n) is 43.6. The minimum absolute atomic E-state index is 0. The first-order valence-electron chi connectivity index (χ1n) is 23.5. The Balaban J connectivity index is 0.000000237. The molecular weight excluding hydrogens is 907 g/mol. The molecule has 5 aromatic rings. The van der Waals surface area contributed by atoms with Crippen molar-refractivity contribution >= 4 is 35.9 Å². The number of allylic oxidation sites excluding steroid dienone is 8. The molecule has 65 heavy (non-hydrogen) atoms. The average molecular weight is 985 g/mol. The molecule has 0 spiro atoms. The number of benzene rings is 4. The van der Waals surface area contributed by atoms with E-state index in [1.54, 1.807) is 0 Å². The fourth-order valence-corrected chi connectivity index (χ4v) is 10.2. The second kappa shape index (κ2) is 18.9. The molecule has 0 saturated carbocycles. The van der Waals surface area contributed by atoms with Crippen LogP contribution in [0.2, 0.25) is 0 Å². The zero-order valence-corrected chi connectivity index (χ0v) is 47.6. The van der Waals surface area contributed by atoms with Gasteiger partial charge in [-0.3, -0.25) is 6.08 Å². The summed E-state index contributed by atoms with van der Waals surface area (Å²) in [5.41, 5.74) is 16.9. The van der Waals surface area contributed by atoms with Crippen molar-refractivity contribution in [3.8, 4) is 0 Å². The molecule has 1 unspecified atom stereocenters. The third-order valence-electron chi connectivity index (χ3n) is 13.5. The van der Waals surface area contributed by atoms with Crippen LogP contribution in [-0.2, 0) is 45.9 Å². The fourth-order valence-electron chi connectivity index (χ4n) is 9.39. The van der Waals surface area contributed by atoms with Gasteiger partial charge in [-0.1, -0.05) is 144 Å². The van der Waals surface area contributed by atoms with E-state index in [2.05, 4.69) is 248 Å². The second-order valence-corrected chi connectivity index (χ2v) is 26.4. The van der Waals surface area contributed by atoms with Crippen molar-refractivity contribution in [2.45, 2.75) is 160 Å². The topological polar surface area (TPSA) is 0 Å². The summed E-state index contributed by atoms with van der Waals surface area (Å²) in [5.74, 6) is 0.522. The summed E-state index contributed by atoms with van der Waals surface area (Å²) in [5, 5.41) is 5.58. The summed E-state index contributed by atoms with van der Waals surface area (Å²) in [6.07, 6.45) is 12.7. The van der Waals surface area contributed by atoms with Gasteiger partial charge in [0.25, 0.3) is 0 Å². The molecule has 5 aromatic carbocycles. The summed E-state index contributed by atoms with van der Waals surface area (Å²) in [7, 11) is 0. The molecule has 0 N–H and O–H groups in total. The summed E-state index contributed by atoms with van der Waals surface area (Å²) >= 11 is 1.46. The average Bonchev–Trinajstić information content (AvgIpc) is 3.90. The van der Waals surface area contributed by atoms with Gasteiger partial charge in [0.05, 0.1) is 0 Å². The van der Waals surface area contributed by atoms with Crippen molar-refractivity contribution in [1.29, 1.82) is 0 Å². The van der Waals surface area contributed by atoms with Crippen LogP contribution in [0.1, 0.15) is 183 Å². The van der Waals surface area contributed by atoms with Crippen molar-refractivity contribution in [1.82, 2.24) is 0 Å². The molecule has 346 valence electrons. The summed E-state index contributed by atoms with van der Waals surface area (Å²) < 4.78 is 1.42. The predicted octanol–water partition coefficient (Wildman–Crippen LogP) is 11.5. The number of fused-ring (bicyclic) bond motifs is 5. The normalized spacial score (nSPS) is 17.4. The summed E-state index contributed by atoms with van der Waals surface area (Å²) in [4.78, 5) is 0. The summed E-state index contributed by atoms with van der Waals surface area (Å²) in [6.45, 7) is 45.9. The van der Waals surface area contributed by atoms with Crippen molar-refractivity contribution in [2.24, 2.45) is 22.2 Å². The van der Waals surface area contributed by atoms with Crippen LogP contribution in [0.3, 0.4) is 0 Å². The van der Waals surface area contributed by atoms with Gasteiger partial charge < -0.3 is 24.8 Å². The van der Waals surface area contributed by atoms with E-state index in [1.807, 2.05) is 0 Å². The maximum absolute atomic E-state index is 3.26. The Hall–Kier alpha value is -2.96. The molecule has 1 atom stereocenters. The molecule has 8 rings (SSSR count). The van der Waals surface area contributed by atoms with Crippen LogP contribution in [0.4, 0.5) is 0 Å². The molecule has 0 heterocycles. The standard InChI is InChI=1S/C31H37.C21H26.C10H15.2ClH.Zr/c1-28(2,3)26-16-30(7,8)24-12-18-11-19-13-25-23(15-21(19)20(18)14-22(24)26)27(29(4,5)6)17-31(25,9)10;1-20(2,3)18-11-7-16(8-12-18)15-17-9-13-19(14-10-17)21(4,5)6;1-8-5-6-9(7-8)10(2,3)4;;;/h11-17H,1-10H3;7-14H,1-6H3;6-8H,1-4H3;2*1H;/q-1;;-1;;;+2/p-2. The number of hydrogen-bond donors (Lipinski definition) is 0. The van der Waals surface area contributed by atoms with E-state index in [4.69, 9.17) is 0 Å². The second-order valence-electron chi connectivity index (χ2n) is 25.2. The van der Waals surface area contributed by atoms with Crippen molar-refractivity contribution in [3.63, 3.8) is 0 Å². The summed E-state index contributed by atoms with van der Waals surface area (Å²) in [6, 6.07) is 30.5. The van der Waals surface area contributed by atoms with E-state index in [0.29, 0.717) is 11.3 Å². The van der Waals surface area contributed by atoms with Gasteiger partial charge in [0, 0.05) is 10.8 Å². The molecule has 0 fully saturated rings. The number of hydrogen-bond acceptors (Lipinski definition) is 0. The van der Waals surface area contributed by atoms with Gasteiger partial charge in [0.1, 0.15) is 0 Å². The molecule has 0 nitrogen and oxygen atoms in total. The minimum atomic E-state index is 0. The molecule has 0 radical (unpaired) electrons. The van der Waals surface area contributed by atoms with Gasteiger partial charge in [-0.05, 0) is 33.1 Å². The zero-order chi connectivity index (χ0) is 47.0. The van der Waals surface area contributed by atoms with Crippen LogP contribution in [0.15, 0.2) is 109 Å². The molecular formula is C62H78Cl2Zr-2. The van der Waals surface area contributed by atoms with Crippen LogP contribution >= 0.6 is 0 Å². The molecule has 0 aliphatic heterocycles. The molecule has 0 amide bonds. The van der Waals surface area contributed by atoms with E-state index < -0.39 is 0 Å². The van der Waals surface area contributed by atoms with Gasteiger partial charge in [0.15, 0.2) is 0 Å². The number of halogens is 2. The molecule has 0 saturated heterocycles. The van der Waals surface area contributed by atoms with E-state index in [9.17, 15) is 0 Å². The first kappa shape index (κ1) is 54.6. The van der Waals surface area contributed by atoms with Crippen LogP contribution in [0.25, 0.3) is 32.7 Å². The van der Waals surface area contributed by atoms with Gasteiger partial charge >= 0.3 is 151 Å². The van der Waals surface area contributed by atoms with Crippen LogP contribution in [-0.4, -0.2) is 3.21 Å². The van der Waals surface area contributed by atoms with Crippen molar-refractivity contribution in [2.75, 3.05) is 0 Å². The van der Waals surface area contributed by atoms with Crippen LogP contribution in [0.5, 0.6) is 0 Å². The van der Waals surface area contributed by atoms with Gasteiger partial charge in [-0.15, -0.1) is 39.7 Å². The van der Waals surface area contributed by atoms with Gasteiger partial charge in [-0.25, -0.2) is 6.08 Å². The first-order valence-corrected chi connectivity index (χ1v) is 24.7. The molecule has 0 bridgehead atoms. The Morgan fingerprint density at radius 3 is 1.14 bits per heavy atom. The third-order valence-corrected chi connectivity index (χ3v) is 14.9. The smallest absolute Gasteiger partial charge is 0.0716 e. The Kier molecular flexibility index (Phi) is 15.8. The minimum Gasteiger partial charge on any atom is -1.00 e. The quantitative estimate of drug-likeness (QED) is 0.155. The van der Waals surface area contributed by atoms with Crippen LogP contribution in [0, 0.1) is 28.2 Å². The maximum Gasteiger partial charge on any atom is -0.0716 e. The largest absolute Gasteiger partial charge is 1.00 e. The maximum atomic E-state index is 3.26. The van der Waals surface area contributed by atoms with Crippen LogP contribution < -0.4 is 24.8 Å². The molecule has 3 heteroatoms. The number of rotatable bonds is 2. The van der Waals surface area contributed by atoms with Crippen molar-refractivity contribution < 1.29 is 49.0 Å². The van der Waals surface area contributed by atoms with Gasteiger partial charge in [-0.2, -0.15) is 11.6 Å². The van der Waals surface area contributed by atoms with Gasteiger partial charge in [0.2, 0.25) is 0 Å². The monoisotopic (exact) mass is 982 g/mol. The Morgan fingerprint density at radius 1 is 0.523 bits per heavy atom. The Bertz CT molecular complexity index is 2500. The molecule has 3 aliphatic carbocycles. The SMILES string of the molecule is CC(C)(C)C1=CC(C)(C)c2cc3[cH-]c4cc5c(cc4c3cc21)C(C(C)(C)C)=CC5(C)C.CC(C)(C)c1ccc([C](=[Zr+2])c2ccc(C(C)(C)C)cc2)cc1.CC1[C-]=CC(C(C)(C)C)=C1.[Cl-].[Cl-]. The van der Waals surface area contributed by atoms with E-state index in [-0.39, 0.29) is 57.3 Å². The third kappa shape index (κ3) is 11.8. The molecule has 3 aliphatic rings. The van der Waals surface area contributed by atoms with E-state index in [0.717, 1.165) is 0 Å². The van der Waals surface area contributed by atoms with E-state index >= 15 is 0 Å². The molecule has 0 aromatic heterocycles. The van der Waals surface area contributed by atoms with E-state index in [1.165, 1.54) is 110 Å². The Labute approximate surface area is 423 Å². The predicted molar refractivity (Wildman–Crippen MR) is 276 cm³/mol. The Morgan fingerprint density at radius 2 is 0.877 bits per heavy atom. The fraction of sp³-hybridized carbons (Fsp3) is 0.452.